The lowest BCUT2D eigenvalue weighted by Crippen LogP contribution is -2.22. The van der Waals surface area contributed by atoms with Gasteiger partial charge in [0.2, 0.25) is 0 Å². The topological polar surface area (TPSA) is 78.8 Å². The Kier molecular flexibility index (Phi) is 4.27. The van der Waals surface area contributed by atoms with Gasteiger partial charge in [0.1, 0.15) is 17.5 Å². The van der Waals surface area contributed by atoms with Crippen LogP contribution < -0.4 is 10.6 Å². The van der Waals surface area contributed by atoms with Gasteiger partial charge in [-0.25, -0.2) is 9.97 Å². The SMILES string of the molecule is Cc1c(N)nc(C(C)C)nc1N(C)CCC#N. The van der Waals surface area contributed by atoms with Crippen molar-refractivity contribution >= 4 is 11.6 Å². The summed E-state index contributed by atoms with van der Waals surface area (Å²) >= 11 is 0. The molecule has 0 aliphatic heterocycles. The second kappa shape index (κ2) is 5.48. The number of nitrogens with two attached hydrogens (primary N) is 1. The van der Waals surface area contributed by atoms with Crippen LogP contribution in [0.2, 0.25) is 0 Å². The fraction of sp³-hybridized carbons (Fsp3) is 0.583. The van der Waals surface area contributed by atoms with Crippen LogP contribution in [0.3, 0.4) is 0 Å². The average Bonchev–Trinajstić information content (AvgIpc) is 2.29. The fourth-order valence-corrected chi connectivity index (χ4v) is 1.49. The van der Waals surface area contributed by atoms with Gasteiger partial charge in [-0.05, 0) is 6.92 Å². The lowest BCUT2D eigenvalue weighted by molar-refractivity contribution is 0.761. The number of hydrogen-bond acceptors (Lipinski definition) is 5. The number of aromatic nitrogens is 2. The molecule has 17 heavy (non-hydrogen) atoms. The molecule has 5 nitrogen and oxygen atoms in total. The minimum absolute atomic E-state index is 0.237. The molecule has 0 spiro atoms. The van der Waals surface area contributed by atoms with E-state index < -0.39 is 0 Å². The van der Waals surface area contributed by atoms with Crippen LogP contribution in [-0.2, 0) is 0 Å². The monoisotopic (exact) mass is 233 g/mol. The van der Waals surface area contributed by atoms with E-state index in [1.807, 2.05) is 32.7 Å². The molecule has 92 valence electrons. The van der Waals surface area contributed by atoms with E-state index in [2.05, 4.69) is 16.0 Å². The van der Waals surface area contributed by atoms with Crippen molar-refractivity contribution in [1.82, 2.24) is 9.97 Å². The Morgan fingerprint density at radius 3 is 2.59 bits per heavy atom. The van der Waals surface area contributed by atoms with Crippen molar-refractivity contribution in [2.24, 2.45) is 0 Å². The molecule has 0 saturated carbocycles. The van der Waals surface area contributed by atoms with Gasteiger partial charge < -0.3 is 10.6 Å². The van der Waals surface area contributed by atoms with Crippen molar-refractivity contribution in [3.63, 3.8) is 0 Å². The van der Waals surface area contributed by atoms with Gasteiger partial charge in [-0.3, -0.25) is 0 Å². The van der Waals surface area contributed by atoms with E-state index >= 15 is 0 Å². The van der Waals surface area contributed by atoms with Crippen LogP contribution in [-0.4, -0.2) is 23.6 Å². The minimum Gasteiger partial charge on any atom is -0.383 e. The largest absolute Gasteiger partial charge is 0.383 e. The Balaban J connectivity index is 3.09. The summed E-state index contributed by atoms with van der Waals surface area (Å²) in [7, 11) is 1.91. The molecule has 1 aromatic rings. The molecule has 0 amide bonds. The molecule has 0 unspecified atom stereocenters. The van der Waals surface area contributed by atoms with E-state index in [1.54, 1.807) is 0 Å². The van der Waals surface area contributed by atoms with Crippen LogP contribution in [0.5, 0.6) is 0 Å². The zero-order chi connectivity index (χ0) is 13.0. The molecular formula is C12H19N5. The normalized spacial score (nSPS) is 10.4. The maximum absolute atomic E-state index is 8.59. The molecule has 1 rings (SSSR count). The molecule has 5 heteroatoms. The molecule has 0 saturated heterocycles. The molecule has 0 radical (unpaired) electrons. The van der Waals surface area contributed by atoms with Crippen LogP contribution >= 0.6 is 0 Å². The minimum atomic E-state index is 0.237. The van der Waals surface area contributed by atoms with Crippen molar-refractivity contribution < 1.29 is 0 Å². The first-order valence-corrected chi connectivity index (χ1v) is 5.69. The summed E-state index contributed by atoms with van der Waals surface area (Å²) in [5.41, 5.74) is 6.75. The number of nitrogens with zero attached hydrogens (tertiary/aromatic N) is 4. The average molecular weight is 233 g/mol. The van der Waals surface area contributed by atoms with Gasteiger partial charge in [-0.1, -0.05) is 13.8 Å². The third-order valence-corrected chi connectivity index (χ3v) is 2.61. The molecule has 0 aliphatic rings. The van der Waals surface area contributed by atoms with Gasteiger partial charge in [0, 0.05) is 25.1 Å². The second-order valence-electron chi connectivity index (χ2n) is 4.40. The quantitative estimate of drug-likeness (QED) is 0.858. The Bertz CT molecular complexity index is 433. The summed E-state index contributed by atoms with van der Waals surface area (Å²) < 4.78 is 0. The zero-order valence-corrected chi connectivity index (χ0v) is 10.9. The van der Waals surface area contributed by atoms with E-state index in [9.17, 15) is 0 Å². The Labute approximate surface area is 102 Å². The van der Waals surface area contributed by atoms with E-state index in [-0.39, 0.29) is 5.92 Å². The van der Waals surface area contributed by atoms with Gasteiger partial charge in [0.15, 0.2) is 0 Å². The maximum atomic E-state index is 8.59. The van der Waals surface area contributed by atoms with Crippen LogP contribution in [0.1, 0.15) is 37.6 Å². The maximum Gasteiger partial charge on any atom is 0.137 e. The number of hydrogen-bond donors (Lipinski definition) is 1. The highest BCUT2D eigenvalue weighted by atomic mass is 15.2. The summed E-state index contributed by atoms with van der Waals surface area (Å²) in [6, 6.07) is 2.12. The highest BCUT2D eigenvalue weighted by Crippen LogP contribution is 2.23. The first-order valence-electron chi connectivity index (χ1n) is 5.69. The summed E-state index contributed by atoms with van der Waals surface area (Å²) in [6.45, 7) is 6.61. The highest BCUT2D eigenvalue weighted by molar-refractivity contribution is 5.56. The van der Waals surface area contributed by atoms with Gasteiger partial charge in [0.25, 0.3) is 0 Å². The molecule has 1 aromatic heterocycles. The highest BCUT2D eigenvalue weighted by Gasteiger charge is 2.14. The third kappa shape index (κ3) is 3.06. The zero-order valence-electron chi connectivity index (χ0n) is 10.9. The van der Waals surface area contributed by atoms with Gasteiger partial charge in [-0.2, -0.15) is 5.26 Å². The number of nitriles is 1. The van der Waals surface area contributed by atoms with Crippen molar-refractivity contribution in [1.29, 1.82) is 5.26 Å². The van der Waals surface area contributed by atoms with Crippen molar-refractivity contribution in [3.8, 4) is 6.07 Å². The molecular weight excluding hydrogens is 214 g/mol. The lowest BCUT2D eigenvalue weighted by atomic mass is 10.2. The van der Waals surface area contributed by atoms with Gasteiger partial charge in [0.05, 0.1) is 12.5 Å². The van der Waals surface area contributed by atoms with E-state index in [4.69, 9.17) is 11.0 Å². The fourth-order valence-electron chi connectivity index (χ4n) is 1.49. The molecule has 1 heterocycles. The summed E-state index contributed by atoms with van der Waals surface area (Å²) in [6.07, 6.45) is 0.469. The van der Waals surface area contributed by atoms with Crippen LogP contribution in [0.4, 0.5) is 11.6 Å². The summed E-state index contributed by atoms with van der Waals surface area (Å²) in [4.78, 5) is 10.7. The summed E-state index contributed by atoms with van der Waals surface area (Å²) in [5.74, 6) is 2.31. The molecule has 2 N–H and O–H groups in total. The molecule has 0 bridgehead atoms. The molecule has 0 aromatic carbocycles. The lowest BCUT2D eigenvalue weighted by Gasteiger charge is -2.21. The predicted molar refractivity (Wildman–Crippen MR) is 68.8 cm³/mol. The van der Waals surface area contributed by atoms with E-state index in [0.29, 0.717) is 18.8 Å². The standard InChI is InChI=1S/C12H19N5/c1-8(2)11-15-10(14)9(3)12(16-11)17(4)7-5-6-13/h8H,5,7H2,1-4H3,(H2,14,15,16). The van der Waals surface area contributed by atoms with Gasteiger partial charge >= 0.3 is 0 Å². The van der Waals surface area contributed by atoms with Crippen LogP contribution in [0, 0.1) is 18.3 Å². The molecule has 0 fully saturated rings. The van der Waals surface area contributed by atoms with E-state index in [1.165, 1.54) is 0 Å². The van der Waals surface area contributed by atoms with Crippen molar-refractivity contribution in [2.75, 3.05) is 24.2 Å². The van der Waals surface area contributed by atoms with Crippen molar-refractivity contribution in [3.05, 3.63) is 11.4 Å². The van der Waals surface area contributed by atoms with Crippen LogP contribution in [0.15, 0.2) is 0 Å². The molecule has 0 aliphatic carbocycles. The first kappa shape index (κ1) is 13.2. The van der Waals surface area contributed by atoms with E-state index in [0.717, 1.165) is 17.2 Å². The molecule has 0 atom stereocenters. The smallest absolute Gasteiger partial charge is 0.137 e. The number of anilines is 2. The Hall–Kier alpha value is -1.83. The summed E-state index contributed by atoms with van der Waals surface area (Å²) in [5, 5.41) is 8.59. The van der Waals surface area contributed by atoms with Gasteiger partial charge in [-0.15, -0.1) is 0 Å². The second-order valence-corrected chi connectivity index (χ2v) is 4.40. The Morgan fingerprint density at radius 2 is 2.06 bits per heavy atom. The predicted octanol–water partition coefficient (Wildman–Crippen LogP) is 1.84. The number of rotatable bonds is 4. The first-order chi connectivity index (χ1) is 7.97. The van der Waals surface area contributed by atoms with Crippen molar-refractivity contribution in [2.45, 2.75) is 33.1 Å². The number of nitrogen functional groups attached to an aromatic ring is 1. The Morgan fingerprint density at radius 1 is 1.41 bits per heavy atom. The third-order valence-electron chi connectivity index (χ3n) is 2.61. The van der Waals surface area contributed by atoms with Crippen LogP contribution in [0.25, 0.3) is 0 Å².